The Morgan fingerprint density at radius 3 is 2.40 bits per heavy atom. The summed E-state index contributed by atoms with van der Waals surface area (Å²) >= 11 is 0. The van der Waals surface area contributed by atoms with E-state index < -0.39 is 29.9 Å². The number of aromatic amines is 1. The Bertz CT molecular complexity index is 1760. The Morgan fingerprint density at radius 2 is 1.75 bits per heavy atom. The van der Waals surface area contributed by atoms with Crippen LogP contribution in [0.3, 0.4) is 0 Å². The number of tetrazole rings is 1. The molecule has 250 valence electrons. The van der Waals surface area contributed by atoms with Crippen LogP contribution >= 0.6 is 0 Å². The number of nitrogens with one attached hydrogen (secondary N) is 3. The molecule has 0 aliphatic heterocycles. The van der Waals surface area contributed by atoms with E-state index in [1.165, 1.54) is 48.9 Å². The molecule has 17 heteroatoms. The standard InChI is InChI=1S/C31H32F3N11O3/c1-36-42-39-27(35)25-17-23(13-16-26(25)48-31(32,33)34)37-30(47)45(24-14-11-21(12-15-24)20-5-3-2-4-6-20)18-19-7-9-22(10-8-19)28(46)38-29-40-43-44-41-29/h7-17,20H,2-6,18H2,1H3,(H,37,47)(H2,35,36,39)(H2,38,40,41,43,44,46). The van der Waals surface area contributed by atoms with E-state index in [0.717, 1.165) is 18.9 Å². The van der Waals surface area contributed by atoms with Crippen LogP contribution < -0.4 is 26.0 Å². The molecule has 1 saturated carbocycles. The minimum Gasteiger partial charge on any atom is -0.405 e. The number of carbonyl (C=O) groups is 2. The lowest BCUT2D eigenvalue weighted by Gasteiger charge is -2.26. The molecule has 1 heterocycles. The number of alkyl halides is 3. The van der Waals surface area contributed by atoms with Gasteiger partial charge in [-0.05, 0) is 82.8 Å². The topological polar surface area (TPSA) is 188 Å². The zero-order chi connectivity index (χ0) is 34.1. The van der Waals surface area contributed by atoms with Crippen molar-refractivity contribution in [3.8, 4) is 5.75 Å². The number of amidine groups is 1. The van der Waals surface area contributed by atoms with Crippen LogP contribution in [0.4, 0.5) is 35.3 Å². The van der Waals surface area contributed by atoms with Crippen molar-refractivity contribution in [2.45, 2.75) is 50.9 Å². The Labute approximate surface area is 272 Å². The lowest BCUT2D eigenvalue weighted by Crippen LogP contribution is -2.34. The molecule has 4 aromatic rings. The smallest absolute Gasteiger partial charge is 0.405 e. The van der Waals surface area contributed by atoms with Crippen molar-refractivity contribution >= 4 is 35.1 Å². The van der Waals surface area contributed by atoms with Gasteiger partial charge in [-0.2, -0.15) is 10.3 Å². The first-order valence-electron chi connectivity index (χ1n) is 14.9. The van der Waals surface area contributed by atoms with Crippen LogP contribution in [-0.4, -0.2) is 51.8 Å². The minimum atomic E-state index is -5.00. The van der Waals surface area contributed by atoms with Gasteiger partial charge in [0.1, 0.15) is 5.75 Å². The average molecular weight is 664 g/mol. The van der Waals surface area contributed by atoms with Crippen LogP contribution in [-0.2, 0) is 6.54 Å². The number of hydrogen-bond donors (Lipinski definition) is 4. The quantitative estimate of drug-likeness (QED) is 0.0659. The van der Waals surface area contributed by atoms with E-state index in [4.69, 9.17) is 5.73 Å². The first-order valence-corrected chi connectivity index (χ1v) is 14.9. The molecule has 0 saturated heterocycles. The first kappa shape index (κ1) is 33.5. The van der Waals surface area contributed by atoms with E-state index in [1.54, 1.807) is 24.3 Å². The van der Waals surface area contributed by atoms with Crippen molar-refractivity contribution < 1.29 is 27.5 Å². The molecule has 5 N–H and O–H groups in total. The van der Waals surface area contributed by atoms with Gasteiger partial charge in [-0.1, -0.05) is 48.6 Å². The van der Waals surface area contributed by atoms with E-state index >= 15 is 0 Å². The van der Waals surface area contributed by atoms with E-state index in [-0.39, 0.29) is 23.7 Å². The number of nitrogens with zero attached hydrogens (tertiary/aromatic N) is 7. The highest BCUT2D eigenvalue weighted by atomic mass is 19.4. The summed E-state index contributed by atoms with van der Waals surface area (Å²) in [5.41, 5.74) is 8.54. The van der Waals surface area contributed by atoms with Crippen LogP contribution in [0.25, 0.3) is 0 Å². The summed E-state index contributed by atoms with van der Waals surface area (Å²) in [6.45, 7) is 0.0873. The molecular formula is C31H32F3N11O3. The van der Waals surface area contributed by atoms with Crippen molar-refractivity contribution in [1.82, 2.24) is 20.6 Å². The summed E-state index contributed by atoms with van der Waals surface area (Å²) in [4.78, 5) is 27.9. The lowest BCUT2D eigenvalue weighted by molar-refractivity contribution is -0.274. The van der Waals surface area contributed by atoms with Gasteiger partial charge in [-0.15, -0.1) is 23.4 Å². The molecule has 0 atom stereocenters. The number of ether oxygens (including phenoxy) is 1. The van der Waals surface area contributed by atoms with Crippen molar-refractivity contribution in [2.24, 2.45) is 21.2 Å². The lowest BCUT2D eigenvalue weighted by atomic mass is 9.84. The van der Waals surface area contributed by atoms with Gasteiger partial charge in [-0.3, -0.25) is 15.0 Å². The number of nitrogens with two attached hydrogens (primary N) is 1. The summed E-state index contributed by atoms with van der Waals surface area (Å²) in [6, 6.07) is 17.2. The van der Waals surface area contributed by atoms with Crippen LogP contribution in [0.5, 0.6) is 5.75 Å². The molecule has 1 aliphatic rings. The van der Waals surface area contributed by atoms with E-state index in [1.807, 2.05) is 24.3 Å². The van der Waals surface area contributed by atoms with E-state index in [2.05, 4.69) is 51.4 Å². The zero-order valence-corrected chi connectivity index (χ0v) is 25.7. The van der Waals surface area contributed by atoms with Crippen LogP contribution in [0.1, 0.15) is 65.1 Å². The fraction of sp³-hybridized carbons (Fsp3) is 0.290. The predicted molar refractivity (Wildman–Crippen MR) is 171 cm³/mol. The molecule has 0 bridgehead atoms. The third-order valence-electron chi connectivity index (χ3n) is 7.63. The van der Waals surface area contributed by atoms with Gasteiger partial charge in [0.25, 0.3) is 11.9 Å². The summed E-state index contributed by atoms with van der Waals surface area (Å²) in [6.07, 6.45) is 0.795. The number of rotatable bonds is 10. The number of benzene rings is 3. The van der Waals surface area contributed by atoms with E-state index in [9.17, 15) is 22.8 Å². The molecule has 1 fully saturated rings. The third kappa shape index (κ3) is 8.89. The fourth-order valence-electron chi connectivity index (χ4n) is 5.33. The normalized spacial score (nSPS) is 14.1. The van der Waals surface area contributed by atoms with Gasteiger partial charge in [0.2, 0.25) is 0 Å². The summed E-state index contributed by atoms with van der Waals surface area (Å²) in [5.74, 6) is -1.02. The monoisotopic (exact) mass is 663 g/mol. The Kier molecular flexibility index (Phi) is 10.6. The molecule has 14 nitrogen and oxygen atoms in total. The van der Waals surface area contributed by atoms with Crippen LogP contribution in [0.15, 0.2) is 82.2 Å². The molecule has 0 radical (unpaired) electrons. The number of urea groups is 1. The molecule has 3 aromatic carbocycles. The second-order valence-corrected chi connectivity index (χ2v) is 10.9. The molecule has 0 unspecified atom stereocenters. The molecule has 5 rings (SSSR count). The molecule has 3 amide bonds. The zero-order valence-electron chi connectivity index (χ0n) is 25.7. The fourth-order valence-corrected chi connectivity index (χ4v) is 5.33. The number of carbonyl (C=O) groups excluding carboxylic acids is 2. The number of aromatic nitrogens is 4. The molecule has 48 heavy (non-hydrogen) atoms. The summed E-state index contributed by atoms with van der Waals surface area (Å²) in [7, 11) is 1.31. The number of H-pyrrole nitrogens is 1. The van der Waals surface area contributed by atoms with Crippen molar-refractivity contribution in [1.29, 1.82) is 0 Å². The van der Waals surface area contributed by atoms with Gasteiger partial charge in [0.05, 0.1) is 19.2 Å². The van der Waals surface area contributed by atoms with Crippen molar-refractivity contribution in [2.75, 3.05) is 22.6 Å². The van der Waals surface area contributed by atoms with Crippen molar-refractivity contribution in [3.05, 3.63) is 89.0 Å². The van der Waals surface area contributed by atoms with Gasteiger partial charge in [0.15, 0.2) is 5.84 Å². The largest absolute Gasteiger partial charge is 0.573 e. The SMILES string of the molecule is CN=NN=C(N)c1cc(NC(=O)N(Cc2ccc(C(=O)Nc3nn[nH]n3)cc2)c2ccc(C3CCCCC3)cc2)ccc1OC(F)(F)F. The van der Waals surface area contributed by atoms with Gasteiger partial charge in [-0.25, -0.2) is 4.79 Å². The molecule has 1 aromatic heterocycles. The summed E-state index contributed by atoms with van der Waals surface area (Å²) < 4.78 is 43.4. The predicted octanol–water partition coefficient (Wildman–Crippen LogP) is 6.34. The molecule has 1 aliphatic carbocycles. The van der Waals surface area contributed by atoms with Crippen molar-refractivity contribution in [3.63, 3.8) is 0 Å². The number of amides is 3. The maximum absolute atomic E-state index is 13.8. The van der Waals surface area contributed by atoms with Gasteiger partial charge < -0.3 is 15.8 Å². The van der Waals surface area contributed by atoms with Crippen LogP contribution in [0, 0.1) is 0 Å². The summed E-state index contributed by atoms with van der Waals surface area (Å²) in [5, 5.41) is 28.7. The number of hydrogen-bond acceptors (Lipinski definition) is 8. The van der Waals surface area contributed by atoms with Gasteiger partial charge in [0, 0.05) is 16.9 Å². The maximum atomic E-state index is 13.8. The second-order valence-electron chi connectivity index (χ2n) is 10.9. The third-order valence-corrected chi connectivity index (χ3v) is 7.63. The highest BCUT2D eigenvalue weighted by Gasteiger charge is 2.33. The number of halogens is 3. The highest BCUT2D eigenvalue weighted by Crippen LogP contribution is 2.34. The molecule has 0 spiro atoms. The van der Waals surface area contributed by atoms with Gasteiger partial charge >= 0.3 is 12.4 Å². The number of anilines is 3. The van der Waals surface area contributed by atoms with E-state index in [0.29, 0.717) is 22.7 Å². The average Bonchev–Trinajstić information content (AvgIpc) is 3.60. The van der Waals surface area contributed by atoms with Crippen LogP contribution in [0.2, 0.25) is 0 Å². The first-order chi connectivity index (χ1) is 23.1. The minimum absolute atomic E-state index is 0.0209. The Balaban J connectivity index is 1.41. The Hall–Kier alpha value is -5.87. The maximum Gasteiger partial charge on any atom is 0.573 e. The second kappa shape index (κ2) is 15.1. The highest BCUT2D eigenvalue weighted by molar-refractivity contribution is 6.05. The molecular weight excluding hydrogens is 631 g/mol. The Morgan fingerprint density at radius 1 is 1.02 bits per heavy atom.